The standard InChI is InChI=1S/C20H24O3/c1-3-20(23)9-7-17-15-11-18(22)16-10-12(21)4-5-13(16)14(15)6-8-19(17,20)2/h1,4-5,10,14-15,17-18,21-23H,6-9,11H2,2H3/t14-,15-,17-,18-,19-,20-/m0/s1. The van der Waals surface area contributed by atoms with Gasteiger partial charge in [0.2, 0.25) is 0 Å². The largest absolute Gasteiger partial charge is 0.508 e. The number of hydrogen-bond donors (Lipinski definition) is 3. The molecule has 0 bridgehead atoms. The van der Waals surface area contributed by atoms with Gasteiger partial charge in [-0.3, -0.25) is 0 Å². The molecule has 0 aromatic heterocycles. The number of phenolic OH excluding ortho intramolecular Hbond substituents is 1. The molecule has 0 aliphatic heterocycles. The Balaban J connectivity index is 1.76. The van der Waals surface area contributed by atoms with Gasteiger partial charge in [0.15, 0.2) is 0 Å². The molecular formula is C20H24O3. The van der Waals surface area contributed by atoms with Gasteiger partial charge in [0.05, 0.1) is 6.10 Å². The van der Waals surface area contributed by atoms with E-state index in [4.69, 9.17) is 6.42 Å². The number of rotatable bonds is 0. The van der Waals surface area contributed by atoms with Gasteiger partial charge in [-0.05, 0) is 73.1 Å². The lowest BCUT2D eigenvalue weighted by atomic mass is 9.53. The molecule has 0 radical (unpaired) electrons. The highest BCUT2D eigenvalue weighted by atomic mass is 16.3. The molecule has 3 heteroatoms. The van der Waals surface area contributed by atoms with E-state index in [0.717, 1.165) is 24.8 Å². The molecule has 1 aromatic rings. The fourth-order valence-electron chi connectivity index (χ4n) is 5.83. The Morgan fingerprint density at radius 1 is 1.22 bits per heavy atom. The smallest absolute Gasteiger partial charge is 0.130 e. The molecule has 1 aromatic carbocycles. The van der Waals surface area contributed by atoms with Crippen LogP contribution in [-0.2, 0) is 0 Å². The lowest BCUT2D eigenvalue weighted by Gasteiger charge is -2.52. The topological polar surface area (TPSA) is 60.7 Å². The van der Waals surface area contributed by atoms with Gasteiger partial charge in [0.25, 0.3) is 0 Å². The fourth-order valence-corrected chi connectivity index (χ4v) is 5.83. The van der Waals surface area contributed by atoms with Crippen molar-refractivity contribution in [3.05, 3.63) is 29.3 Å². The SMILES string of the molecule is C#C[C@]1(O)CC[C@H]2[C@H]3C[C@H](O)c4cc(O)ccc4[C@@H]3CC[C@@]21C. The van der Waals surface area contributed by atoms with E-state index >= 15 is 0 Å². The summed E-state index contributed by atoms with van der Waals surface area (Å²) < 4.78 is 0. The van der Waals surface area contributed by atoms with Gasteiger partial charge in [-0.25, -0.2) is 0 Å². The second-order valence-electron chi connectivity index (χ2n) is 7.94. The van der Waals surface area contributed by atoms with Crippen molar-refractivity contribution in [1.29, 1.82) is 0 Å². The number of aliphatic hydroxyl groups is 2. The zero-order valence-electron chi connectivity index (χ0n) is 13.5. The van der Waals surface area contributed by atoms with E-state index in [-0.39, 0.29) is 11.2 Å². The van der Waals surface area contributed by atoms with Crippen molar-refractivity contribution < 1.29 is 15.3 Å². The quantitative estimate of drug-likeness (QED) is 0.645. The first kappa shape index (κ1) is 15.1. The molecule has 122 valence electrons. The number of phenols is 1. The Morgan fingerprint density at radius 2 is 2.00 bits per heavy atom. The van der Waals surface area contributed by atoms with Crippen LogP contribution in [0.2, 0.25) is 0 Å². The summed E-state index contributed by atoms with van der Waals surface area (Å²) in [4.78, 5) is 0. The van der Waals surface area contributed by atoms with Crippen LogP contribution >= 0.6 is 0 Å². The summed E-state index contributed by atoms with van der Waals surface area (Å²) in [6.07, 6.45) is 9.31. The summed E-state index contributed by atoms with van der Waals surface area (Å²) in [5, 5.41) is 31.2. The third kappa shape index (κ3) is 1.86. The van der Waals surface area contributed by atoms with Gasteiger partial charge < -0.3 is 15.3 Å². The van der Waals surface area contributed by atoms with Gasteiger partial charge in [-0.1, -0.05) is 18.9 Å². The number of benzene rings is 1. The minimum atomic E-state index is -1.01. The number of aromatic hydroxyl groups is 1. The average Bonchev–Trinajstić information content (AvgIpc) is 2.80. The minimum Gasteiger partial charge on any atom is -0.508 e. The van der Waals surface area contributed by atoms with Gasteiger partial charge >= 0.3 is 0 Å². The molecule has 23 heavy (non-hydrogen) atoms. The molecule has 2 fully saturated rings. The summed E-state index contributed by atoms with van der Waals surface area (Å²) in [7, 11) is 0. The van der Waals surface area contributed by atoms with Crippen LogP contribution in [0, 0.1) is 29.6 Å². The highest BCUT2D eigenvalue weighted by Crippen LogP contribution is 2.65. The van der Waals surface area contributed by atoms with E-state index < -0.39 is 11.7 Å². The maximum Gasteiger partial charge on any atom is 0.130 e. The maximum absolute atomic E-state index is 10.9. The van der Waals surface area contributed by atoms with Crippen molar-refractivity contribution in [2.75, 3.05) is 0 Å². The molecule has 3 aliphatic rings. The normalized spacial score (nSPS) is 44.8. The van der Waals surface area contributed by atoms with E-state index in [2.05, 4.69) is 12.8 Å². The second kappa shape index (κ2) is 4.75. The van der Waals surface area contributed by atoms with Crippen LogP contribution in [0.25, 0.3) is 0 Å². The van der Waals surface area contributed by atoms with Gasteiger partial charge in [0.1, 0.15) is 11.4 Å². The summed E-state index contributed by atoms with van der Waals surface area (Å²) in [6, 6.07) is 5.39. The van der Waals surface area contributed by atoms with Gasteiger partial charge in [-0.15, -0.1) is 6.42 Å². The highest BCUT2D eigenvalue weighted by molar-refractivity contribution is 5.42. The lowest BCUT2D eigenvalue weighted by Crippen LogP contribution is -2.50. The molecule has 3 aliphatic carbocycles. The van der Waals surface area contributed by atoms with Crippen molar-refractivity contribution in [3.8, 4) is 18.1 Å². The summed E-state index contributed by atoms with van der Waals surface area (Å²) in [5.41, 5.74) is 0.782. The number of terminal acetylenes is 1. The Bertz CT molecular complexity index is 691. The van der Waals surface area contributed by atoms with Crippen molar-refractivity contribution in [2.45, 2.75) is 56.7 Å². The Labute approximate surface area is 137 Å². The molecule has 2 saturated carbocycles. The van der Waals surface area contributed by atoms with E-state index in [1.54, 1.807) is 12.1 Å². The lowest BCUT2D eigenvalue weighted by molar-refractivity contribution is -0.0729. The first-order valence-electron chi connectivity index (χ1n) is 8.60. The predicted molar refractivity (Wildman–Crippen MR) is 87.8 cm³/mol. The molecule has 6 atom stereocenters. The third-order valence-electron chi connectivity index (χ3n) is 7.15. The summed E-state index contributed by atoms with van der Waals surface area (Å²) >= 11 is 0. The summed E-state index contributed by atoms with van der Waals surface area (Å²) in [6.45, 7) is 2.14. The van der Waals surface area contributed by atoms with Crippen LogP contribution in [0.15, 0.2) is 18.2 Å². The van der Waals surface area contributed by atoms with Crippen molar-refractivity contribution in [1.82, 2.24) is 0 Å². The monoisotopic (exact) mass is 312 g/mol. The first-order valence-corrected chi connectivity index (χ1v) is 8.60. The Morgan fingerprint density at radius 3 is 2.74 bits per heavy atom. The van der Waals surface area contributed by atoms with Crippen LogP contribution in [0.1, 0.15) is 62.2 Å². The predicted octanol–water partition coefficient (Wildman–Crippen LogP) is 3.10. The fraction of sp³-hybridized carbons (Fsp3) is 0.600. The molecular weight excluding hydrogens is 288 g/mol. The zero-order valence-corrected chi connectivity index (χ0v) is 13.5. The molecule has 0 heterocycles. The van der Waals surface area contributed by atoms with E-state index in [0.29, 0.717) is 30.6 Å². The molecule has 3 nitrogen and oxygen atoms in total. The average molecular weight is 312 g/mol. The minimum absolute atomic E-state index is 0.212. The molecule has 0 spiro atoms. The van der Waals surface area contributed by atoms with Crippen molar-refractivity contribution >= 4 is 0 Å². The molecule has 0 saturated heterocycles. The molecule has 0 amide bonds. The van der Waals surface area contributed by atoms with Crippen LogP contribution < -0.4 is 0 Å². The van der Waals surface area contributed by atoms with E-state index in [1.165, 1.54) is 5.56 Å². The van der Waals surface area contributed by atoms with E-state index in [1.807, 2.05) is 6.07 Å². The van der Waals surface area contributed by atoms with Gasteiger partial charge in [-0.2, -0.15) is 0 Å². The maximum atomic E-state index is 10.9. The van der Waals surface area contributed by atoms with Crippen LogP contribution in [0.3, 0.4) is 0 Å². The van der Waals surface area contributed by atoms with Crippen LogP contribution in [0.4, 0.5) is 0 Å². The van der Waals surface area contributed by atoms with Crippen LogP contribution in [0.5, 0.6) is 5.75 Å². The third-order valence-corrected chi connectivity index (χ3v) is 7.15. The Kier molecular flexibility index (Phi) is 3.11. The molecule has 0 unspecified atom stereocenters. The zero-order chi connectivity index (χ0) is 16.4. The summed E-state index contributed by atoms with van der Waals surface area (Å²) in [5.74, 6) is 3.98. The first-order chi connectivity index (χ1) is 10.9. The highest BCUT2D eigenvalue weighted by Gasteiger charge is 2.61. The number of hydrogen-bond acceptors (Lipinski definition) is 3. The number of fused-ring (bicyclic) bond motifs is 5. The van der Waals surface area contributed by atoms with Crippen molar-refractivity contribution in [2.24, 2.45) is 17.3 Å². The molecule has 4 rings (SSSR count). The van der Waals surface area contributed by atoms with E-state index in [9.17, 15) is 15.3 Å². The number of aliphatic hydroxyl groups excluding tert-OH is 1. The Hall–Kier alpha value is -1.50. The molecule has 3 N–H and O–H groups in total. The van der Waals surface area contributed by atoms with Crippen molar-refractivity contribution in [3.63, 3.8) is 0 Å². The van der Waals surface area contributed by atoms with Crippen LogP contribution in [-0.4, -0.2) is 20.9 Å². The van der Waals surface area contributed by atoms with Gasteiger partial charge in [0, 0.05) is 5.41 Å². The second-order valence-corrected chi connectivity index (χ2v) is 7.94.